The van der Waals surface area contributed by atoms with Crippen molar-refractivity contribution >= 4 is 188 Å². The summed E-state index contributed by atoms with van der Waals surface area (Å²) in [5.41, 5.74) is 6.44. The number of anilines is 1. The molecule has 42 heavy (non-hydrogen) atoms. The second-order valence-electron chi connectivity index (χ2n) is 5.82. The maximum atomic E-state index is 10.1. The van der Waals surface area contributed by atoms with Crippen molar-refractivity contribution in [1.82, 2.24) is 19.5 Å². The number of hydrogen-bond donors (Lipinski definition) is 4. The molecule has 3 heterocycles. The van der Waals surface area contributed by atoms with Crippen molar-refractivity contribution in [3.63, 3.8) is 0 Å². The Bertz CT molecular complexity index is 1100. The first-order valence-corrected chi connectivity index (χ1v) is 12.3. The van der Waals surface area contributed by atoms with E-state index in [-0.39, 0.29) is 411 Å². The number of hydrogen-bond acceptors (Lipinski definition) is 18. The molecule has 0 spiro atoms. The molecule has 0 saturated carbocycles. The van der Waals surface area contributed by atoms with Crippen LogP contribution in [0.15, 0.2) is 12.7 Å². The molecule has 1 fully saturated rings. The number of aliphatic hydroxyl groups is 3. The Morgan fingerprint density at radius 3 is 1.62 bits per heavy atom. The summed E-state index contributed by atoms with van der Waals surface area (Å²) in [6, 6.07) is 0. The molecule has 0 aliphatic carbocycles. The number of rotatable bonds is 6. The molecule has 19 nitrogen and oxygen atoms in total. The van der Waals surface area contributed by atoms with Crippen LogP contribution in [0.25, 0.3) is 11.2 Å². The zero-order chi connectivity index (χ0) is 24.5. The van der Waals surface area contributed by atoms with Gasteiger partial charge in [0.15, 0.2) is 17.7 Å². The van der Waals surface area contributed by atoms with Crippen molar-refractivity contribution in [3.05, 3.63) is 12.7 Å². The fourth-order valence-corrected chi connectivity index (χ4v) is 4.77. The number of nitrogens with zero attached hydrogens (tertiary/aromatic N) is 4. The van der Waals surface area contributed by atoms with Gasteiger partial charge in [0, 0.05) is 0 Å². The van der Waals surface area contributed by atoms with E-state index in [2.05, 4.69) is 23.6 Å². The van der Waals surface area contributed by atoms with E-state index in [0.717, 1.165) is 0 Å². The van der Waals surface area contributed by atoms with Gasteiger partial charge in [0.1, 0.15) is 30.2 Å². The van der Waals surface area contributed by atoms with Gasteiger partial charge in [0.25, 0.3) is 7.82 Å². The number of ether oxygens (including phenoxy) is 1. The number of aromatic nitrogens is 4. The molecule has 0 bridgehead atoms. The summed E-state index contributed by atoms with van der Waals surface area (Å²) in [5.74, 6) is 0.218. The van der Waals surface area contributed by atoms with E-state index < -0.39 is 54.6 Å². The van der Waals surface area contributed by atoms with E-state index in [4.69, 9.17) is 15.6 Å². The van der Waals surface area contributed by atoms with Crippen molar-refractivity contribution in [1.29, 1.82) is 0 Å². The van der Waals surface area contributed by atoms with E-state index in [9.17, 15) is 48.4 Å². The van der Waals surface area contributed by atoms with Crippen molar-refractivity contribution < 1.29 is 324 Å². The van der Waals surface area contributed by atoms with Crippen LogP contribution >= 0.6 is 23.5 Å². The molecule has 32 heteroatoms. The summed E-state index contributed by atoms with van der Waals surface area (Å²) >= 11 is 0. The average molecular weight is 836 g/mol. The first-order chi connectivity index (χ1) is 14.5. The van der Waals surface area contributed by atoms with Gasteiger partial charge >= 0.3 is 405 Å². The molecule has 5 N–H and O–H groups in total. The zero-order valence-corrected chi connectivity index (χ0v) is 38.5. The van der Waals surface area contributed by atoms with Crippen molar-refractivity contribution in [2.24, 2.45) is 0 Å². The third-order valence-electron chi connectivity index (χ3n) is 3.58. The number of fused-ring (bicyclic) bond motifs is 1. The molecule has 2 aromatic heterocycles. The normalized spacial score (nSPS) is 18.6. The minimum atomic E-state index is -5.97. The van der Waals surface area contributed by atoms with Gasteiger partial charge in [-0.15, -0.1) is 0 Å². The quantitative estimate of drug-likeness (QED) is 0.155. The van der Waals surface area contributed by atoms with Crippen LogP contribution in [-0.2, 0) is 27.1 Å². The van der Waals surface area contributed by atoms with Gasteiger partial charge in [-0.2, -0.15) is 0 Å². The molecule has 1 aliphatic heterocycles. The Balaban J connectivity index is -0.0000000626. The standard InChI is InChI=1S/C10H13N5O4.5K.5Na.H5O10P3.5H/c11-8-5-9(13-2-12-8)15(3-14-5)10-7(18)6(17)4(1-16)19-10;;;;;;;;;;;1-11(2,3)9-13(7,8)10-12(4,5)6;;;;;/h2-4,6-7,10,16-18H,1H2,(H2,11,12,13);;;;;;;;;;;(H,7,8)(H2,1,2,3)(H2,4,5,6);;;;;/q;5*+1;;;;;;;;;;;/p-5/t4-,6-,7-,10-;;;;;;;;;;;;;;;;/m1................/s1. The van der Waals surface area contributed by atoms with Gasteiger partial charge in [-0.25, -0.2) is 15.0 Å². The van der Waals surface area contributed by atoms with Crippen molar-refractivity contribution in [3.8, 4) is 0 Å². The molecule has 2 aromatic rings. The SMILES string of the molecule is Nc1ncnc2c1ncn2[C@@H]1O[C@H](CO)[C@@H](O)[C@H]1O.O=P([O-])([O-])OP(=O)([O-])OP(=O)([O-])[O-].[K+].[K+].[K+].[K+].[K+].[NaH].[NaH].[NaH].[NaH].[NaH]. The first kappa shape index (κ1) is 74.7. The van der Waals surface area contributed by atoms with Crippen LogP contribution in [0.5, 0.6) is 0 Å². The number of nitrogens with two attached hydrogens (primary N) is 1. The molecule has 1 saturated heterocycles. The van der Waals surface area contributed by atoms with E-state index in [1.54, 1.807) is 0 Å². The molecule has 0 radical (unpaired) electrons. The van der Waals surface area contributed by atoms with Crippen LogP contribution in [0.4, 0.5) is 5.82 Å². The number of imidazole rings is 1. The van der Waals surface area contributed by atoms with E-state index >= 15 is 0 Å². The summed E-state index contributed by atoms with van der Waals surface area (Å²) < 4.78 is 41.5. The van der Waals surface area contributed by atoms with Crippen LogP contribution in [0.1, 0.15) is 6.23 Å². The Morgan fingerprint density at radius 2 is 1.26 bits per heavy atom. The van der Waals surface area contributed by atoms with Gasteiger partial charge in [-0.3, -0.25) is 17.8 Å². The molecule has 1 aliphatic rings. The van der Waals surface area contributed by atoms with Crippen molar-refractivity contribution in [2.75, 3.05) is 12.3 Å². The fourth-order valence-electron chi connectivity index (χ4n) is 2.43. The Labute approximate surface area is 563 Å². The summed E-state index contributed by atoms with van der Waals surface area (Å²) in [7, 11) is -17.9. The number of phosphoric acid groups is 3. The predicted octanol–water partition coefficient (Wildman–Crippen LogP) is -24.1. The predicted molar refractivity (Wildman–Crippen MR) is 123 cm³/mol. The van der Waals surface area contributed by atoms with Crippen LogP contribution in [0.2, 0.25) is 0 Å². The van der Waals surface area contributed by atoms with E-state index in [1.807, 2.05) is 0 Å². The molecule has 0 unspecified atom stereocenters. The molecule has 192 valence electrons. The average Bonchev–Trinajstić information content (AvgIpc) is 3.14. The molecule has 3 rings (SSSR count). The van der Waals surface area contributed by atoms with E-state index in [0.29, 0.717) is 11.2 Å². The number of nitrogen functional groups attached to an aromatic ring is 1. The Hall–Kier alpha value is 11.8. The van der Waals surface area contributed by atoms with Crippen LogP contribution < -0.4 is 287 Å². The fraction of sp³-hybridized carbons (Fsp3) is 0.500. The van der Waals surface area contributed by atoms with Crippen LogP contribution in [0.3, 0.4) is 0 Å². The second-order valence-corrected chi connectivity index (χ2v) is 9.81. The van der Waals surface area contributed by atoms with Gasteiger partial charge in [0.2, 0.25) is 0 Å². The summed E-state index contributed by atoms with van der Waals surface area (Å²) in [4.78, 5) is 60.5. The summed E-state index contributed by atoms with van der Waals surface area (Å²) in [6.07, 6.45) is -1.42. The topological polar surface area (TPSA) is 325 Å². The monoisotopic (exact) mass is 835 g/mol. The number of aliphatic hydroxyl groups excluding tert-OH is 3. The molecule has 0 amide bonds. The molecular formula is C10H18K5N5Na5O14P3. The molecular weight excluding hydrogens is 817 g/mol. The third-order valence-corrected chi connectivity index (χ3v) is 6.78. The van der Waals surface area contributed by atoms with Gasteiger partial charge in [-0.05, 0) is 0 Å². The minimum absolute atomic E-state index is 0. The molecule has 0 aromatic carbocycles. The van der Waals surface area contributed by atoms with Crippen LogP contribution in [0, 0.1) is 0 Å². The zero-order valence-electron chi connectivity index (χ0n) is 20.2. The Kier molecular flexibility index (Phi) is 63.9. The van der Waals surface area contributed by atoms with Gasteiger partial charge in [0.05, 0.1) is 28.6 Å². The van der Waals surface area contributed by atoms with Crippen molar-refractivity contribution in [2.45, 2.75) is 24.5 Å². The van der Waals surface area contributed by atoms with E-state index in [1.165, 1.54) is 17.2 Å². The first-order valence-electron chi connectivity index (χ1n) is 7.88. The van der Waals surface area contributed by atoms with Crippen LogP contribution in [-0.4, -0.2) is 208 Å². The molecule has 4 atom stereocenters. The summed E-state index contributed by atoms with van der Waals surface area (Å²) in [5, 5.41) is 28.7. The summed E-state index contributed by atoms with van der Waals surface area (Å²) in [6.45, 7) is -0.390. The maximum absolute atomic E-state index is 10.1. The Morgan fingerprint density at radius 1 is 0.833 bits per heavy atom. The second kappa shape index (κ2) is 35.9. The third kappa shape index (κ3) is 28.2. The van der Waals surface area contributed by atoms with Gasteiger partial charge in [-0.1, -0.05) is 0 Å². The van der Waals surface area contributed by atoms with Gasteiger partial charge < -0.3 is 59.4 Å².